The van der Waals surface area contributed by atoms with Crippen LogP contribution < -0.4 is 4.74 Å². The van der Waals surface area contributed by atoms with Gasteiger partial charge in [0.05, 0.1) is 13.7 Å². The lowest BCUT2D eigenvalue weighted by Gasteiger charge is -2.25. The lowest BCUT2D eigenvalue weighted by atomic mass is 9.83. The average molecular weight is 264 g/mol. The molecule has 1 aromatic carbocycles. The minimum Gasteiger partial charge on any atom is -0.496 e. The van der Waals surface area contributed by atoms with Crippen molar-refractivity contribution in [1.82, 2.24) is 0 Å². The van der Waals surface area contributed by atoms with E-state index in [1.807, 2.05) is 25.1 Å². The fourth-order valence-corrected chi connectivity index (χ4v) is 2.43. The molecule has 1 aliphatic rings. The predicted octanol–water partition coefficient (Wildman–Crippen LogP) is 3.24. The smallest absolute Gasteiger partial charge is 0.124 e. The molecule has 3 heteroatoms. The van der Waals surface area contributed by atoms with Gasteiger partial charge in [-0.15, -0.1) is 0 Å². The van der Waals surface area contributed by atoms with Crippen molar-refractivity contribution in [3.8, 4) is 5.75 Å². The van der Waals surface area contributed by atoms with E-state index in [1.54, 1.807) is 7.11 Å². The molecule has 0 radical (unpaired) electrons. The lowest BCUT2D eigenvalue weighted by Crippen LogP contribution is -2.15. The fourth-order valence-electron chi connectivity index (χ4n) is 2.43. The van der Waals surface area contributed by atoms with Crippen LogP contribution in [0, 0.1) is 12.8 Å². The zero-order valence-corrected chi connectivity index (χ0v) is 11.9. The van der Waals surface area contributed by atoms with Gasteiger partial charge in [0.25, 0.3) is 0 Å². The van der Waals surface area contributed by atoms with E-state index in [-0.39, 0.29) is 0 Å². The van der Waals surface area contributed by atoms with Gasteiger partial charge in [-0.2, -0.15) is 0 Å². The van der Waals surface area contributed by atoms with Gasteiger partial charge in [0.1, 0.15) is 11.9 Å². The largest absolute Gasteiger partial charge is 0.496 e. The fraction of sp³-hybridized carbons (Fsp3) is 0.625. The van der Waals surface area contributed by atoms with Crippen LogP contribution in [0.2, 0.25) is 0 Å². The highest BCUT2D eigenvalue weighted by Gasteiger charge is 2.18. The van der Waals surface area contributed by atoms with Crippen LogP contribution >= 0.6 is 0 Å². The molecular weight excluding hydrogens is 240 g/mol. The Bertz CT molecular complexity index is 399. The molecule has 106 valence electrons. The van der Waals surface area contributed by atoms with E-state index in [1.165, 1.54) is 19.3 Å². The molecule has 0 spiro atoms. The van der Waals surface area contributed by atoms with Crippen molar-refractivity contribution < 1.29 is 14.6 Å². The third kappa shape index (κ3) is 3.95. The Balaban J connectivity index is 1.80. The van der Waals surface area contributed by atoms with E-state index in [0.717, 1.165) is 35.8 Å². The molecule has 0 bridgehead atoms. The van der Waals surface area contributed by atoms with Crippen molar-refractivity contribution in [3.63, 3.8) is 0 Å². The topological polar surface area (TPSA) is 38.7 Å². The number of rotatable bonds is 7. The summed E-state index contributed by atoms with van der Waals surface area (Å²) >= 11 is 0. The predicted molar refractivity (Wildman–Crippen MR) is 75.5 cm³/mol. The maximum atomic E-state index is 10.2. The molecule has 2 rings (SSSR count). The van der Waals surface area contributed by atoms with Gasteiger partial charge in [0, 0.05) is 12.2 Å². The van der Waals surface area contributed by atoms with Crippen LogP contribution in [0.1, 0.15) is 42.9 Å². The zero-order valence-electron chi connectivity index (χ0n) is 11.9. The van der Waals surface area contributed by atoms with E-state index < -0.39 is 6.10 Å². The second-order valence-corrected chi connectivity index (χ2v) is 5.42. The average Bonchev–Trinajstić information content (AvgIpc) is 2.36. The van der Waals surface area contributed by atoms with Crippen LogP contribution in [-0.4, -0.2) is 25.4 Å². The second kappa shape index (κ2) is 6.92. The summed E-state index contributed by atoms with van der Waals surface area (Å²) in [6, 6.07) is 5.83. The number of hydrogen-bond acceptors (Lipinski definition) is 3. The van der Waals surface area contributed by atoms with Gasteiger partial charge in [-0.1, -0.05) is 30.9 Å². The van der Waals surface area contributed by atoms with Gasteiger partial charge in [-0.3, -0.25) is 0 Å². The molecule has 1 unspecified atom stereocenters. The third-order valence-corrected chi connectivity index (χ3v) is 3.92. The Hall–Kier alpha value is -1.06. The highest BCUT2D eigenvalue weighted by Crippen LogP contribution is 2.30. The van der Waals surface area contributed by atoms with Gasteiger partial charge in [0.15, 0.2) is 0 Å². The van der Waals surface area contributed by atoms with E-state index in [0.29, 0.717) is 6.61 Å². The summed E-state index contributed by atoms with van der Waals surface area (Å²) < 4.78 is 10.9. The molecule has 0 amide bonds. The van der Waals surface area contributed by atoms with Crippen LogP contribution in [0.5, 0.6) is 5.75 Å². The summed E-state index contributed by atoms with van der Waals surface area (Å²) in [6.07, 6.45) is 4.57. The van der Waals surface area contributed by atoms with Gasteiger partial charge in [-0.25, -0.2) is 0 Å². The second-order valence-electron chi connectivity index (χ2n) is 5.42. The molecule has 1 saturated carbocycles. The first kappa shape index (κ1) is 14.4. The Labute approximate surface area is 115 Å². The number of hydrogen-bond donors (Lipinski definition) is 1. The van der Waals surface area contributed by atoms with Crippen molar-refractivity contribution >= 4 is 0 Å². The molecule has 3 nitrogen and oxygen atoms in total. The zero-order chi connectivity index (χ0) is 13.7. The molecular formula is C16H24O3. The molecule has 1 atom stereocenters. The summed E-state index contributed by atoms with van der Waals surface area (Å²) in [5.74, 6) is 1.58. The maximum absolute atomic E-state index is 10.2. The Kier molecular flexibility index (Phi) is 5.23. The van der Waals surface area contributed by atoms with Crippen molar-refractivity contribution in [2.75, 3.05) is 20.3 Å². The number of aliphatic hydroxyl groups is 1. The van der Waals surface area contributed by atoms with E-state index in [4.69, 9.17) is 9.47 Å². The minimum atomic E-state index is -0.615. The maximum Gasteiger partial charge on any atom is 0.124 e. The van der Waals surface area contributed by atoms with Gasteiger partial charge < -0.3 is 14.6 Å². The van der Waals surface area contributed by atoms with Crippen molar-refractivity contribution in [1.29, 1.82) is 0 Å². The van der Waals surface area contributed by atoms with Crippen molar-refractivity contribution in [2.24, 2.45) is 5.92 Å². The first-order valence-electron chi connectivity index (χ1n) is 7.11. The number of ether oxygens (including phenoxy) is 2. The Morgan fingerprint density at radius 1 is 1.37 bits per heavy atom. The van der Waals surface area contributed by atoms with Gasteiger partial charge >= 0.3 is 0 Å². The van der Waals surface area contributed by atoms with Crippen LogP contribution in [-0.2, 0) is 4.74 Å². The summed E-state index contributed by atoms with van der Waals surface area (Å²) in [7, 11) is 1.62. The number of aryl methyl sites for hydroxylation is 1. The van der Waals surface area contributed by atoms with E-state index in [9.17, 15) is 5.11 Å². The van der Waals surface area contributed by atoms with Crippen LogP contribution in [0.25, 0.3) is 0 Å². The minimum absolute atomic E-state index is 0.340. The van der Waals surface area contributed by atoms with Crippen molar-refractivity contribution in [3.05, 3.63) is 29.3 Å². The molecule has 0 heterocycles. The van der Waals surface area contributed by atoms with Gasteiger partial charge in [-0.05, 0) is 31.4 Å². The SMILES string of the molecule is COc1ccc(C)cc1C(O)COCCC1CCC1. The highest BCUT2D eigenvalue weighted by atomic mass is 16.5. The monoisotopic (exact) mass is 264 g/mol. The molecule has 1 fully saturated rings. The van der Waals surface area contributed by atoms with Crippen LogP contribution in [0.3, 0.4) is 0 Å². The third-order valence-electron chi connectivity index (χ3n) is 3.92. The molecule has 1 aromatic rings. The van der Waals surface area contributed by atoms with Gasteiger partial charge in [0.2, 0.25) is 0 Å². The molecule has 1 aliphatic carbocycles. The number of aliphatic hydroxyl groups excluding tert-OH is 1. The van der Waals surface area contributed by atoms with Crippen LogP contribution in [0.15, 0.2) is 18.2 Å². The quantitative estimate of drug-likeness (QED) is 0.768. The first-order valence-corrected chi connectivity index (χ1v) is 7.11. The Morgan fingerprint density at radius 3 is 2.79 bits per heavy atom. The summed E-state index contributed by atoms with van der Waals surface area (Å²) in [5.41, 5.74) is 1.93. The number of methoxy groups -OCH3 is 1. The molecule has 0 aromatic heterocycles. The first-order chi connectivity index (χ1) is 9.20. The van der Waals surface area contributed by atoms with Crippen molar-refractivity contribution in [2.45, 2.75) is 38.7 Å². The summed E-state index contributed by atoms with van der Waals surface area (Å²) in [5, 5.41) is 10.2. The lowest BCUT2D eigenvalue weighted by molar-refractivity contribution is 0.0255. The molecule has 0 saturated heterocycles. The van der Waals surface area contributed by atoms with E-state index in [2.05, 4.69) is 0 Å². The van der Waals surface area contributed by atoms with Crippen LogP contribution in [0.4, 0.5) is 0 Å². The summed E-state index contributed by atoms with van der Waals surface area (Å²) in [4.78, 5) is 0. The number of benzene rings is 1. The molecule has 19 heavy (non-hydrogen) atoms. The highest BCUT2D eigenvalue weighted by molar-refractivity contribution is 5.38. The normalized spacial score (nSPS) is 17.0. The molecule has 1 N–H and O–H groups in total. The Morgan fingerprint density at radius 2 is 2.16 bits per heavy atom. The summed E-state index contributed by atoms with van der Waals surface area (Å²) in [6.45, 7) is 3.09. The van der Waals surface area contributed by atoms with E-state index >= 15 is 0 Å². The molecule has 0 aliphatic heterocycles. The standard InChI is InChI=1S/C16H24O3/c1-12-6-7-16(18-2)14(10-12)15(17)11-19-9-8-13-4-3-5-13/h6-7,10,13,15,17H,3-5,8-9,11H2,1-2H3.